The molecule has 4 aromatic carbocycles. The molecule has 10 atom stereocenters. The third-order valence-corrected chi connectivity index (χ3v) is 23.5. The molecule has 0 unspecified atom stereocenters. The van der Waals surface area contributed by atoms with Crippen molar-refractivity contribution in [1.82, 2.24) is 9.80 Å². The van der Waals surface area contributed by atoms with Crippen LogP contribution in [-0.2, 0) is 140 Å². The lowest BCUT2D eigenvalue weighted by Gasteiger charge is -2.45. The molecule has 4 aromatic rings. The molecule has 0 bridgehead atoms. The fourth-order valence-corrected chi connectivity index (χ4v) is 15.2. The number of nitrogens with zero attached hydrogens (tertiary/aromatic N) is 2. The van der Waals surface area contributed by atoms with Crippen molar-refractivity contribution in [2.75, 3.05) is 52.6 Å². The molecule has 28 nitrogen and oxygen atoms in total. The number of esters is 10. The molecule has 736 valence electrons. The predicted molar refractivity (Wildman–Crippen MR) is 498 cm³/mol. The van der Waals surface area contributed by atoms with Crippen LogP contribution in [0.25, 0.3) is 22.3 Å². The monoisotopic (exact) mass is 1860 g/mol. The molecule has 0 N–H and O–H groups in total. The minimum Gasteiger partial charge on any atom is -0.466 e. The fraction of sp³-hybridized carbons (Fsp3) is 0.657. The van der Waals surface area contributed by atoms with E-state index in [0.717, 1.165) is 56.1 Å². The molecule has 28 heteroatoms. The van der Waals surface area contributed by atoms with Crippen LogP contribution < -0.4 is 9.47 Å². The first-order valence-corrected chi connectivity index (χ1v) is 47.4. The first kappa shape index (κ1) is 108. The standard InChI is InChI=1S/C105H150N2O26/c1-27-120-80(110)60-68-38-30-40-70(56-68)72-58-66(44-46-74(72)124-88-86(132-96(118)104(21,22)23)84(130-94(116)102(15,16)17)82(128-92(114)100(9,10)11)76(126-88)62-122-90(112)98(3,4)5)36-32-42-78(108)106-52-48-64(49-53-106)34-29-35-65-50-54-107(55-51-65)79(109)43-33-37-67-45-47-75(73(59-67)71-41-31-39-69(57-71)61-81(111)121-28-2)125-89-87(133-97(119)105(24,25)26)85(131-95(117)103(18,19)20)83(129-93(115)101(12,13)14)77(127-89)63-123-91(113)99(6,7)8/h30-31,38-41,44-47,56-59,64-65,76-77,82-89H,27-29,32-37,42-43,48-55,60-63H2,1-26H3/t76-,77-,82-,83-,84+,85+,86+,87+,88+,89+/m1/s1. The number of benzene rings is 4. The summed E-state index contributed by atoms with van der Waals surface area (Å²) in [6.07, 6.45) is -5.85. The minimum atomic E-state index is -1.60. The zero-order chi connectivity index (χ0) is 98.8. The molecular weight excluding hydrogens is 1710 g/mol. The van der Waals surface area contributed by atoms with Gasteiger partial charge in [0.1, 0.15) is 36.9 Å². The van der Waals surface area contributed by atoms with Gasteiger partial charge < -0.3 is 76.1 Å². The van der Waals surface area contributed by atoms with Crippen LogP contribution in [0, 0.1) is 55.2 Å². The molecule has 4 aliphatic rings. The number of likely N-dealkylation sites (tertiary alicyclic amines) is 2. The molecule has 2 amide bonds. The highest BCUT2D eigenvalue weighted by Gasteiger charge is 2.58. The van der Waals surface area contributed by atoms with Gasteiger partial charge in [0.25, 0.3) is 0 Å². The van der Waals surface area contributed by atoms with E-state index in [9.17, 15) is 57.5 Å². The third-order valence-electron chi connectivity index (χ3n) is 23.5. The van der Waals surface area contributed by atoms with Crippen molar-refractivity contribution in [2.45, 2.75) is 338 Å². The van der Waals surface area contributed by atoms with Crippen LogP contribution in [0.5, 0.6) is 11.5 Å². The van der Waals surface area contributed by atoms with Crippen LogP contribution >= 0.6 is 0 Å². The van der Waals surface area contributed by atoms with Gasteiger partial charge in [0.05, 0.1) is 69.4 Å². The number of hydrogen-bond donors (Lipinski definition) is 0. The van der Waals surface area contributed by atoms with Crippen molar-refractivity contribution in [3.8, 4) is 33.8 Å². The van der Waals surface area contributed by atoms with E-state index < -0.39 is 178 Å². The molecule has 0 aromatic heterocycles. The maximum absolute atomic E-state index is 14.2. The van der Waals surface area contributed by atoms with Gasteiger partial charge in [-0.15, -0.1) is 0 Å². The summed E-state index contributed by atoms with van der Waals surface area (Å²) >= 11 is 0. The predicted octanol–water partition coefficient (Wildman–Crippen LogP) is 17.4. The molecule has 0 spiro atoms. The summed E-state index contributed by atoms with van der Waals surface area (Å²) in [7, 11) is 0. The van der Waals surface area contributed by atoms with E-state index in [1.165, 1.54) is 0 Å². The van der Waals surface area contributed by atoms with Crippen LogP contribution in [-0.4, -0.2) is 195 Å². The molecule has 4 saturated heterocycles. The van der Waals surface area contributed by atoms with Gasteiger partial charge in [-0.3, -0.25) is 57.5 Å². The summed E-state index contributed by atoms with van der Waals surface area (Å²) in [4.78, 5) is 170. The highest BCUT2D eigenvalue weighted by Crippen LogP contribution is 2.43. The zero-order valence-electron chi connectivity index (χ0n) is 83.8. The average Bonchev–Trinajstić information content (AvgIpc) is 0.771. The van der Waals surface area contributed by atoms with E-state index in [4.69, 9.17) is 66.3 Å². The summed E-state index contributed by atoms with van der Waals surface area (Å²) in [5.74, 6) is -4.78. The van der Waals surface area contributed by atoms with Gasteiger partial charge in [-0.05, 0) is 301 Å². The average molecular weight is 1860 g/mol. The van der Waals surface area contributed by atoms with Crippen molar-refractivity contribution in [3.63, 3.8) is 0 Å². The Bertz CT molecular complexity index is 4390. The maximum Gasteiger partial charge on any atom is 0.311 e. The van der Waals surface area contributed by atoms with Crippen molar-refractivity contribution >= 4 is 71.5 Å². The molecule has 4 aliphatic heterocycles. The Hall–Kier alpha value is -9.96. The van der Waals surface area contributed by atoms with Crippen molar-refractivity contribution in [1.29, 1.82) is 0 Å². The first-order chi connectivity index (χ1) is 61.8. The summed E-state index contributed by atoms with van der Waals surface area (Å²) in [5, 5.41) is 0. The normalized spacial score (nSPS) is 20.8. The number of ether oxygens (including phenoxy) is 14. The second-order valence-corrected chi connectivity index (χ2v) is 44.0. The summed E-state index contributed by atoms with van der Waals surface area (Å²) < 4.78 is 87.4. The summed E-state index contributed by atoms with van der Waals surface area (Å²) in [5.41, 5.74) is -3.20. The quantitative estimate of drug-likeness (QED) is 0.0310. The smallest absolute Gasteiger partial charge is 0.311 e. The number of carbonyl (C=O) groups is 12. The largest absolute Gasteiger partial charge is 0.466 e. The van der Waals surface area contributed by atoms with E-state index in [2.05, 4.69) is 0 Å². The van der Waals surface area contributed by atoms with Crippen LogP contribution in [0.4, 0.5) is 0 Å². The Morgan fingerprint density at radius 2 is 0.624 bits per heavy atom. The number of carbonyl (C=O) groups excluding carboxylic acids is 12. The van der Waals surface area contributed by atoms with Gasteiger partial charge >= 0.3 is 59.7 Å². The molecule has 0 saturated carbocycles. The highest BCUT2D eigenvalue weighted by atomic mass is 16.8. The lowest BCUT2D eigenvalue weighted by molar-refractivity contribution is -0.293. The number of amides is 2. The highest BCUT2D eigenvalue weighted by molar-refractivity contribution is 5.83. The molecule has 0 aliphatic carbocycles. The molecule has 8 rings (SSSR count). The van der Waals surface area contributed by atoms with Crippen LogP contribution in [0.2, 0.25) is 0 Å². The molecule has 0 radical (unpaired) electrons. The van der Waals surface area contributed by atoms with Gasteiger partial charge in [-0.25, -0.2) is 0 Å². The van der Waals surface area contributed by atoms with Gasteiger partial charge in [-0.1, -0.05) is 79.9 Å². The second-order valence-electron chi connectivity index (χ2n) is 44.0. The molecule has 4 heterocycles. The zero-order valence-corrected chi connectivity index (χ0v) is 83.8. The number of hydrogen-bond acceptors (Lipinski definition) is 26. The van der Waals surface area contributed by atoms with Gasteiger partial charge in [0.15, 0.2) is 24.4 Å². The van der Waals surface area contributed by atoms with E-state index in [1.807, 2.05) is 70.5 Å². The van der Waals surface area contributed by atoms with Crippen molar-refractivity contribution in [3.05, 3.63) is 107 Å². The minimum absolute atomic E-state index is 0.0255. The van der Waals surface area contributed by atoms with Crippen molar-refractivity contribution in [2.24, 2.45) is 55.2 Å². The van der Waals surface area contributed by atoms with Gasteiger partial charge in [-0.2, -0.15) is 0 Å². The van der Waals surface area contributed by atoms with Crippen LogP contribution in [0.3, 0.4) is 0 Å². The van der Waals surface area contributed by atoms with Gasteiger partial charge in [0, 0.05) is 50.1 Å². The Morgan fingerprint density at radius 1 is 0.331 bits per heavy atom. The second kappa shape index (κ2) is 46.1. The number of aryl methyl sites for hydroxylation is 2. The van der Waals surface area contributed by atoms with E-state index in [-0.39, 0.29) is 49.4 Å². The Balaban J connectivity index is 0.909. The molecular formula is C105H150N2O26. The third kappa shape index (κ3) is 32.1. The summed E-state index contributed by atoms with van der Waals surface area (Å²) in [6.45, 7) is 45.3. The Labute approximate surface area is 787 Å². The Kier molecular flexibility index (Phi) is 37.5. The lowest BCUT2D eigenvalue weighted by Crippen LogP contribution is -2.65. The Morgan fingerprint density at radius 3 is 0.917 bits per heavy atom. The van der Waals surface area contributed by atoms with E-state index in [1.54, 1.807) is 204 Å². The maximum atomic E-state index is 14.2. The number of rotatable bonds is 34. The SMILES string of the molecule is CCOC(=O)Cc1cccc(-c2cc(CCCC(=O)N3CCC(CCCC4CCN(C(=O)CCCc5ccc(O[C@H]6O[C@H](COC(=O)C(C)(C)C)[C@@H](OC(=O)C(C)(C)C)[C@H](OC(=O)C(C)(C)C)[C@@H]6OC(=O)C(C)(C)C)c(-c6cccc(CC(=O)OCC)c6)c5)CC4)CC3)ccc2O[C@H]2O[C@H](COC(=O)C(C)(C)C)[C@@H](OC(=O)C(C)(C)C)[C@H](OC(=O)C(C)(C)C)[C@@H]2OC(=O)C(C)(C)C)c1. The summed E-state index contributed by atoms with van der Waals surface area (Å²) in [6, 6.07) is 25.7. The van der Waals surface area contributed by atoms with Crippen molar-refractivity contribution < 1.29 is 124 Å². The lowest BCUT2D eigenvalue weighted by atomic mass is 9.86. The van der Waals surface area contributed by atoms with Gasteiger partial charge in [0.2, 0.25) is 36.6 Å². The fourth-order valence-electron chi connectivity index (χ4n) is 15.2. The molecule has 4 fully saturated rings. The molecule has 133 heavy (non-hydrogen) atoms. The topological polar surface area (TPSA) is 341 Å². The van der Waals surface area contributed by atoms with E-state index in [0.29, 0.717) is 110 Å². The van der Waals surface area contributed by atoms with E-state index >= 15 is 0 Å². The van der Waals surface area contributed by atoms with Crippen LogP contribution in [0.1, 0.15) is 273 Å². The first-order valence-electron chi connectivity index (χ1n) is 47.4. The number of piperidine rings is 2. The van der Waals surface area contributed by atoms with Crippen LogP contribution in [0.15, 0.2) is 84.9 Å².